The third-order valence-corrected chi connectivity index (χ3v) is 4.07. The summed E-state index contributed by atoms with van der Waals surface area (Å²) >= 11 is 0. The zero-order valence-electron chi connectivity index (χ0n) is 16.0. The molecular weight excluding hydrogens is 358 g/mol. The Morgan fingerprint density at radius 2 is 1.24 bits per heavy atom. The molecule has 0 fully saturated rings. The predicted octanol–water partition coefficient (Wildman–Crippen LogP) is 3.58. The summed E-state index contributed by atoms with van der Waals surface area (Å²) in [7, 11) is 0. The standard InChI is InChI=1S/C17H23N3O2.2CH3.Fe/c1-10(2)14-8-21-16(19-14)12-6-5-7-13(18-12)17-20-15(9-22-17)11(3)4;;;/h5-7,10-11,14-15H,8-9H2,1-4H3;2*1H3;/q;2*-1;+2/t14-,15-;;;/m1.../s1. The SMILES string of the molecule is CC(C)[C@H]1COC(c2cccc(C3=N[C@@H](C(C)C)CO3)n2)=N1.[CH3-].[CH3-].[Fe+2]. The Balaban J connectivity index is 0.00000192. The molecule has 0 amide bonds. The zero-order chi connectivity index (χ0) is 15.7. The van der Waals surface area contributed by atoms with Crippen molar-refractivity contribution in [2.45, 2.75) is 39.8 Å². The molecule has 25 heavy (non-hydrogen) atoms. The Labute approximate surface area is 162 Å². The molecule has 6 heteroatoms. The summed E-state index contributed by atoms with van der Waals surface area (Å²) in [5.74, 6) is 2.18. The van der Waals surface area contributed by atoms with Gasteiger partial charge in [0.15, 0.2) is 0 Å². The first-order valence-corrected chi connectivity index (χ1v) is 7.93. The average molecular weight is 387 g/mol. The van der Waals surface area contributed by atoms with Crippen LogP contribution in [0.2, 0.25) is 0 Å². The van der Waals surface area contributed by atoms with Crippen molar-refractivity contribution in [3.8, 4) is 0 Å². The van der Waals surface area contributed by atoms with Crippen LogP contribution in [0.5, 0.6) is 0 Å². The van der Waals surface area contributed by atoms with Gasteiger partial charge in [0, 0.05) is 0 Å². The van der Waals surface area contributed by atoms with E-state index >= 15 is 0 Å². The van der Waals surface area contributed by atoms with Crippen LogP contribution in [0.3, 0.4) is 0 Å². The first-order chi connectivity index (χ1) is 10.5. The fraction of sp³-hybridized carbons (Fsp3) is 0.526. The number of nitrogens with zero attached hydrogens (tertiary/aromatic N) is 3. The number of ether oxygens (including phenoxy) is 2. The molecule has 0 unspecified atom stereocenters. The van der Waals surface area contributed by atoms with E-state index in [2.05, 4.69) is 42.7 Å². The summed E-state index contributed by atoms with van der Waals surface area (Å²) in [6.07, 6.45) is 0. The minimum atomic E-state index is 0. The minimum absolute atomic E-state index is 0. The van der Waals surface area contributed by atoms with Gasteiger partial charge in [0.2, 0.25) is 11.8 Å². The summed E-state index contributed by atoms with van der Waals surface area (Å²) in [5.41, 5.74) is 1.50. The Bertz CT molecular complexity index is 565. The fourth-order valence-electron chi connectivity index (χ4n) is 2.42. The average Bonchev–Trinajstić information content (AvgIpc) is 3.17. The van der Waals surface area contributed by atoms with E-state index < -0.39 is 0 Å². The van der Waals surface area contributed by atoms with E-state index in [4.69, 9.17) is 9.47 Å². The molecule has 5 nitrogen and oxygen atoms in total. The van der Waals surface area contributed by atoms with Crippen molar-refractivity contribution < 1.29 is 26.5 Å². The Hall–Kier alpha value is -1.39. The molecule has 2 aliphatic rings. The van der Waals surface area contributed by atoms with Gasteiger partial charge in [-0.2, -0.15) is 0 Å². The predicted molar refractivity (Wildman–Crippen MR) is 99.3 cm³/mol. The van der Waals surface area contributed by atoms with E-state index in [1.165, 1.54) is 0 Å². The second-order valence-electron chi connectivity index (χ2n) is 6.52. The maximum atomic E-state index is 5.70. The molecule has 0 aliphatic carbocycles. The number of hydrogen-bond acceptors (Lipinski definition) is 5. The van der Waals surface area contributed by atoms with Crippen LogP contribution < -0.4 is 0 Å². The Morgan fingerprint density at radius 3 is 1.56 bits per heavy atom. The van der Waals surface area contributed by atoms with E-state index in [0.717, 1.165) is 11.4 Å². The van der Waals surface area contributed by atoms with Crippen molar-refractivity contribution in [3.63, 3.8) is 0 Å². The first kappa shape index (κ1) is 23.6. The fourth-order valence-corrected chi connectivity index (χ4v) is 2.42. The Morgan fingerprint density at radius 1 is 0.840 bits per heavy atom. The van der Waals surface area contributed by atoms with Crippen LogP contribution in [0, 0.1) is 26.7 Å². The van der Waals surface area contributed by atoms with Crippen LogP contribution >= 0.6 is 0 Å². The van der Waals surface area contributed by atoms with Crippen molar-refractivity contribution in [2.75, 3.05) is 13.2 Å². The van der Waals surface area contributed by atoms with Gasteiger partial charge in [-0.05, 0) is 24.0 Å². The monoisotopic (exact) mass is 387 g/mol. The van der Waals surface area contributed by atoms with Gasteiger partial charge >= 0.3 is 17.1 Å². The number of aromatic nitrogens is 1. The van der Waals surface area contributed by atoms with E-state index in [9.17, 15) is 0 Å². The smallest absolute Gasteiger partial charge is 0.474 e. The molecule has 0 N–H and O–H groups in total. The van der Waals surface area contributed by atoms with Gasteiger partial charge in [0.25, 0.3) is 0 Å². The summed E-state index contributed by atoms with van der Waals surface area (Å²) in [5, 5.41) is 0. The minimum Gasteiger partial charge on any atom is -0.474 e. The van der Waals surface area contributed by atoms with Crippen LogP contribution in [-0.4, -0.2) is 42.1 Å². The van der Waals surface area contributed by atoms with Crippen molar-refractivity contribution in [3.05, 3.63) is 44.4 Å². The zero-order valence-corrected chi connectivity index (χ0v) is 17.1. The largest absolute Gasteiger partial charge is 2.00 e. The molecule has 0 saturated carbocycles. The van der Waals surface area contributed by atoms with E-state index in [0.29, 0.717) is 36.8 Å². The van der Waals surface area contributed by atoms with Crippen LogP contribution in [-0.2, 0) is 26.5 Å². The topological polar surface area (TPSA) is 56.1 Å². The molecular formula is C19H29FeN3O2. The van der Waals surface area contributed by atoms with Crippen molar-refractivity contribution in [1.29, 1.82) is 0 Å². The second kappa shape index (κ2) is 9.93. The first-order valence-electron chi connectivity index (χ1n) is 7.93. The maximum absolute atomic E-state index is 5.70. The molecule has 140 valence electrons. The van der Waals surface area contributed by atoms with E-state index in [1.54, 1.807) is 0 Å². The quantitative estimate of drug-likeness (QED) is 0.586. The third kappa shape index (κ3) is 5.29. The molecule has 3 heterocycles. The van der Waals surface area contributed by atoms with Crippen LogP contribution in [0.4, 0.5) is 0 Å². The van der Waals surface area contributed by atoms with Gasteiger partial charge in [-0.25, -0.2) is 15.0 Å². The van der Waals surface area contributed by atoms with Crippen LogP contribution in [0.1, 0.15) is 39.1 Å². The molecule has 0 spiro atoms. The molecule has 0 bridgehead atoms. The van der Waals surface area contributed by atoms with Crippen LogP contribution in [0.15, 0.2) is 28.2 Å². The van der Waals surface area contributed by atoms with Crippen molar-refractivity contribution in [2.24, 2.45) is 21.8 Å². The number of aliphatic imine (C=N–C) groups is 2. The summed E-state index contributed by atoms with van der Waals surface area (Å²) in [6.45, 7) is 9.86. The third-order valence-electron chi connectivity index (χ3n) is 4.07. The van der Waals surface area contributed by atoms with E-state index in [1.807, 2.05) is 18.2 Å². The van der Waals surface area contributed by atoms with Gasteiger partial charge in [-0.3, -0.25) is 0 Å². The molecule has 0 aromatic carbocycles. The number of pyridine rings is 1. The molecule has 1 aromatic heterocycles. The number of rotatable bonds is 4. The summed E-state index contributed by atoms with van der Waals surface area (Å²) in [6, 6.07) is 6.21. The number of hydrogen-bond donors (Lipinski definition) is 0. The van der Waals surface area contributed by atoms with Gasteiger partial charge in [-0.15, -0.1) is 0 Å². The Kier molecular flexibility index (Phi) is 9.38. The molecule has 0 saturated heterocycles. The normalized spacial score (nSPS) is 21.4. The second-order valence-corrected chi connectivity index (χ2v) is 6.52. The molecule has 3 rings (SSSR count). The maximum Gasteiger partial charge on any atom is 2.00 e. The van der Waals surface area contributed by atoms with Gasteiger partial charge < -0.3 is 24.3 Å². The molecule has 0 radical (unpaired) electrons. The molecule has 2 atom stereocenters. The van der Waals surface area contributed by atoms with Crippen molar-refractivity contribution >= 4 is 11.8 Å². The van der Waals surface area contributed by atoms with Gasteiger partial charge in [0.05, 0.1) is 12.1 Å². The molecule has 2 aliphatic heterocycles. The van der Waals surface area contributed by atoms with Crippen LogP contribution in [0.25, 0.3) is 0 Å². The van der Waals surface area contributed by atoms with Crippen molar-refractivity contribution in [1.82, 2.24) is 4.98 Å². The summed E-state index contributed by atoms with van der Waals surface area (Å²) in [4.78, 5) is 13.9. The van der Waals surface area contributed by atoms with Gasteiger partial charge in [-0.1, -0.05) is 33.8 Å². The summed E-state index contributed by atoms with van der Waals surface area (Å²) < 4.78 is 11.4. The van der Waals surface area contributed by atoms with E-state index in [-0.39, 0.29) is 44.0 Å². The van der Waals surface area contributed by atoms with Gasteiger partial charge in [0.1, 0.15) is 24.6 Å². The molecule has 1 aromatic rings.